The number of carboxylic acid groups (broad SMARTS) is 1. The molecule has 1 aliphatic rings. The summed E-state index contributed by atoms with van der Waals surface area (Å²) in [5.74, 6) is -1.28. The van der Waals surface area contributed by atoms with Crippen molar-refractivity contribution in [2.45, 2.75) is 36.9 Å². The lowest BCUT2D eigenvalue weighted by atomic mass is 9.95. The van der Waals surface area contributed by atoms with Crippen LogP contribution in [0.1, 0.15) is 29.8 Å². The molecule has 5 rings (SSSR count). The molecule has 0 aliphatic carbocycles. The first kappa shape index (κ1) is 28.6. The highest BCUT2D eigenvalue weighted by atomic mass is 32.2. The highest BCUT2D eigenvalue weighted by Crippen LogP contribution is 2.38. The lowest BCUT2D eigenvalue weighted by Crippen LogP contribution is -2.29. The molecule has 216 valence electrons. The van der Waals surface area contributed by atoms with Gasteiger partial charge in [-0.15, -0.1) is 0 Å². The van der Waals surface area contributed by atoms with Crippen LogP contribution in [-0.2, 0) is 33.8 Å². The highest BCUT2D eigenvalue weighted by molar-refractivity contribution is 7.89. The monoisotopic (exact) mass is 588 g/mol. The molecule has 1 fully saturated rings. The number of rotatable bonds is 9. The van der Waals surface area contributed by atoms with Crippen LogP contribution in [0.15, 0.2) is 71.8 Å². The van der Waals surface area contributed by atoms with Crippen LogP contribution in [0.4, 0.5) is 13.2 Å². The molecule has 4 aromatic rings. The van der Waals surface area contributed by atoms with Gasteiger partial charge in [0.1, 0.15) is 4.90 Å². The molecule has 2 aromatic carbocycles. The van der Waals surface area contributed by atoms with Crippen LogP contribution in [0.25, 0.3) is 10.9 Å². The van der Waals surface area contributed by atoms with Gasteiger partial charge in [-0.1, -0.05) is 36.4 Å². The van der Waals surface area contributed by atoms with E-state index in [1.165, 1.54) is 33.4 Å². The Bertz CT molecular complexity index is 1660. The van der Waals surface area contributed by atoms with Crippen LogP contribution in [0.3, 0.4) is 0 Å². The molecule has 2 atom stereocenters. The number of fused-ring (bicyclic) bond motifs is 1. The van der Waals surface area contributed by atoms with E-state index < -0.39 is 40.2 Å². The number of hydrogen-bond acceptors (Lipinski definition) is 6. The Labute approximate surface area is 234 Å². The number of alkyl halides is 3. The normalized spacial score (nSPS) is 18.1. The Balaban J connectivity index is 1.59. The minimum absolute atomic E-state index is 0.0451. The number of aromatic nitrogens is 3. The Morgan fingerprint density at radius 1 is 1.10 bits per heavy atom. The van der Waals surface area contributed by atoms with E-state index in [0.717, 1.165) is 17.7 Å². The van der Waals surface area contributed by atoms with E-state index in [0.29, 0.717) is 13.0 Å². The summed E-state index contributed by atoms with van der Waals surface area (Å²) in [5.41, 5.74) is 0.219. The zero-order valence-electron chi connectivity index (χ0n) is 22.0. The second-order valence-corrected chi connectivity index (χ2v) is 11.7. The van der Waals surface area contributed by atoms with E-state index >= 15 is 0 Å². The van der Waals surface area contributed by atoms with Crippen LogP contribution in [0, 0.1) is 5.92 Å². The smallest absolute Gasteiger partial charge is 0.416 e. The zero-order chi connectivity index (χ0) is 29.4. The maximum atomic E-state index is 13.7. The molecule has 0 unspecified atom stereocenters. The largest absolute Gasteiger partial charge is 0.481 e. The SMILES string of the molecule is CCOc1ccc(S(=O)(=O)N2C[C@@H](Cc3ccccc3)[C@@H](n3nc(CC(=O)O)c4ccc(C(F)(F)F)cc43)C2)cn1. The van der Waals surface area contributed by atoms with Crippen molar-refractivity contribution in [3.05, 3.63) is 83.7 Å². The summed E-state index contributed by atoms with van der Waals surface area (Å²) in [6.07, 6.45) is -3.49. The Morgan fingerprint density at radius 2 is 1.85 bits per heavy atom. The third-order valence-corrected chi connectivity index (χ3v) is 8.91. The van der Waals surface area contributed by atoms with E-state index in [1.807, 2.05) is 30.3 Å². The number of benzene rings is 2. The quantitative estimate of drug-likeness (QED) is 0.304. The van der Waals surface area contributed by atoms with Gasteiger partial charge in [-0.3, -0.25) is 9.48 Å². The number of ether oxygens (including phenoxy) is 1. The molecule has 41 heavy (non-hydrogen) atoms. The first-order chi connectivity index (χ1) is 19.5. The Morgan fingerprint density at radius 3 is 2.49 bits per heavy atom. The maximum Gasteiger partial charge on any atom is 0.416 e. The maximum absolute atomic E-state index is 13.7. The van der Waals surface area contributed by atoms with Crippen molar-refractivity contribution in [3.63, 3.8) is 0 Å². The van der Waals surface area contributed by atoms with E-state index in [1.54, 1.807) is 6.92 Å². The summed E-state index contributed by atoms with van der Waals surface area (Å²) >= 11 is 0. The molecular weight excluding hydrogens is 561 g/mol. The number of sulfonamides is 1. The fraction of sp³-hybridized carbons (Fsp3) is 0.321. The van der Waals surface area contributed by atoms with Crippen LogP contribution in [0.5, 0.6) is 5.88 Å². The van der Waals surface area contributed by atoms with Crippen LogP contribution in [0.2, 0.25) is 0 Å². The first-order valence-electron chi connectivity index (χ1n) is 12.9. The van der Waals surface area contributed by atoms with E-state index in [2.05, 4.69) is 10.1 Å². The van der Waals surface area contributed by atoms with Crippen molar-refractivity contribution in [2.75, 3.05) is 19.7 Å². The molecule has 0 spiro atoms. The van der Waals surface area contributed by atoms with Gasteiger partial charge in [0.05, 0.1) is 42.0 Å². The number of carboxylic acids is 1. The number of halogens is 3. The van der Waals surface area contributed by atoms with Crippen LogP contribution in [-0.4, -0.2) is 58.3 Å². The summed E-state index contributed by atoms with van der Waals surface area (Å²) < 4.78 is 76.3. The van der Waals surface area contributed by atoms with Gasteiger partial charge in [-0.2, -0.15) is 22.6 Å². The summed E-state index contributed by atoms with van der Waals surface area (Å²) in [6, 6.07) is 14.6. The van der Waals surface area contributed by atoms with Crippen molar-refractivity contribution < 1.29 is 36.2 Å². The van der Waals surface area contributed by atoms with Gasteiger partial charge in [-0.25, -0.2) is 13.4 Å². The molecule has 3 heterocycles. The molecular formula is C28H27F3N4O5S. The van der Waals surface area contributed by atoms with Gasteiger partial charge >= 0.3 is 12.1 Å². The highest BCUT2D eigenvalue weighted by Gasteiger charge is 2.42. The standard InChI is InChI=1S/C28H27F3N4O5S/c1-2-40-26-11-9-21(15-32-26)41(38,39)34-16-19(12-18-6-4-3-5-7-18)25(17-34)35-24-13-20(28(29,30)31)8-10-22(24)23(33-35)14-27(36)37/h3-11,13,15,19,25H,2,12,14,16-17H2,1H3,(H,36,37)/t19-,25+/m1/s1. The molecule has 2 aromatic heterocycles. The Kier molecular flexibility index (Phi) is 7.75. The number of nitrogens with zero attached hydrogens (tertiary/aromatic N) is 4. The summed E-state index contributed by atoms with van der Waals surface area (Å²) in [6.45, 7) is 2.14. The topological polar surface area (TPSA) is 115 Å². The molecule has 13 heteroatoms. The second kappa shape index (κ2) is 11.1. The lowest BCUT2D eigenvalue weighted by molar-refractivity contribution is -0.138. The van der Waals surface area contributed by atoms with Crippen molar-refractivity contribution >= 4 is 26.9 Å². The van der Waals surface area contributed by atoms with Crippen molar-refractivity contribution in [1.29, 1.82) is 0 Å². The summed E-state index contributed by atoms with van der Waals surface area (Å²) in [5, 5.41) is 14.2. The van der Waals surface area contributed by atoms with Crippen molar-refractivity contribution in [1.82, 2.24) is 19.1 Å². The van der Waals surface area contributed by atoms with E-state index in [4.69, 9.17) is 4.74 Å². The van der Waals surface area contributed by atoms with Crippen LogP contribution < -0.4 is 4.74 Å². The van der Waals surface area contributed by atoms with E-state index in [9.17, 15) is 31.5 Å². The average molecular weight is 589 g/mol. The van der Waals surface area contributed by atoms with Crippen LogP contribution >= 0.6 is 0 Å². The summed E-state index contributed by atoms with van der Waals surface area (Å²) in [7, 11) is -4.03. The minimum atomic E-state index is -4.63. The molecule has 0 amide bonds. The average Bonchev–Trinajstić information content (AvgIpc) is 3.50. The second-order valence-electron chi connectivity index (χ2n) is 9.80. The lowest BCUT2D eigenvalue weighted by Gasteiger charge is -2.20. The Hall–Kier alpha value is -3.97. The molecule has 1 saturated heterocycles. The molecule has 1 N–H and O–H groups in total. The van der Waals surface area contributed by atoms with Crippen molar-refractivity contribution in [2.24, 2.45) is 5.92 Å². The molecule has 0 bridgehead atoms. The third-order valence-electron chi connectivity index (χ3n) is 7.10. The zero-order valence-corrected chi connectivity index (χ0v) is 22.8. The molecule has 0 saturated carbocycles. The van der Waals surface area contributed by atoms with Gasteiger partial charge in [0.15, 0.2) is 0 Å². The number of carbonyl (C=O) groups is 1. The molecule has 9 nitrogen and oxygen atoms in total. The van der Waals surface area contributed by atoms with E-state index in [-0.39, 0.29) is 46.4 Å². The fourth-order valence-corrected chi connectivity index (χ4v) is 6.67. The van der Waals surface area contributed by atoms with Gasteiger partial charge in [-0.05, 0) is 37.1 Å². The van der Waals surface area contributed by atoms with Crippen molar-refractivity contribution in [3.8, 4) is 5.88 Å². The summed E-state index contributed by atoms with van der Waals surface area (Å²) in [4.78, 5) is 15.6. The van der Waals surface area contributed by atoms with Gasteiger partial charge in [0.25, 0.3) is 0 Å². The van der Waals surface area contributed by atoms with Gasteiger partial charge in [0.2, 0.25) is 15.9 Å². The predicted octanol–water partition coefficient (Wildman–Crippen LogP) is 4.58. The minimum Gasteiger partial charge on any atom is -0.481 e. The fourth-order valence-electron chi connectivity index (χ4n) is 5.21. The molecule has 1 aliphatic heterocycles. The first-order valence-corrected chi connectivity index (χ1v) is 14.3. The number of aliphatic carboxylic acids is 1. The van der Waals surface area contributed by atoms with Gasteiger partial charge in [0, 0.05) is 30.5 Å². The third kappa shape index (κ3) is 5.91. The van der Waals surface area contributed by atoms with Gasteiger partial charge < -0.3 is 9.84 Å². The number of hydrogen-bond donors (Lipinski definition) is 1. The predicted molar refractivity (Wildman–Crippen MR) is 143 cm³/mol. The number of pyridine rings is 1. The molecule has 0 radical (unpaired) electrons.